The Morgan fingerprint density at radius 3 is 2.27 bits per heavy atom. The quantitative estimate of drug-likeness (QED) is 0.881. The lowest BCUT2D eigenvalue weighted by molar-refractivity contribution is 0.240. The van der Waals surface area contributed by atoms with E-state index in [9.17, 15) is 9.00 Å². The highest BCUT2D eigenvalue weighted by Gasteiger charge is 2.02. The molecule has 2 aromatic rings. The molecular formula is C16H17ClN2O2S. The zero-order valence-electron chi connectivity index (χ0n) is 12.1. The Morgan fingerprint density at radius 2 is 1.68 bits per heavy atom. The van der Waals surface area contributed by atoms with Crippen molar-refractivity contribution in [3.8, 4) is 0 Å². The Bertz CT molecular complexity index is 674. The van der Waals surface area contributed by atoms with Crippen LogP contribution in [0.15, 0.2) is 53.4 Å². The Hall–Kier alpha value is -1.85. The van der Waals surface area contributed by atoms with Gasteiger partial charge in [0.1, 0.15) is 0 Å². The molecule has 22 heavy (non-hydrogen) atoms. The highest BCUT2D eigenvalue weighted by atomic mass is 35.5. The number of urea groups is 1. The fourth-order valence-electron chi connectivity index (χ4n) is 1.87. The monoisotopic (exact) mass is 336 g/mol. The molecular weight excluding hydrogens is 320 g/mol. The minimum absolute atomic E-state index is 0.247. The molecule has 2 rings (SSSR count). The van der Waals surface area contributed by atoms with Crippen molar-refractivity contribution >= 4 is 28.4 Å². The minimum Gasteiger partial charge on any atom is -0.334 e. The summed E-state index contributed by atoms with van der Waals surface area (Å²) in [6, 6.07) is 14.4. The van der Waals surface area contributed by atoms with E-state index in [0.29, 0.717) is 18.1 Å². The predicted octanol–water partition coefficient (Wildman–Crippen LogP) is 3.08. The van der Waals surface area contributed by atoms with Crippen LogP contribution in [0.3, 0.4) is 0 Å². The van der Waals surface area contributed by atoms with Gasteiger partial charge < -0.3 is 10.6 Å². The van der Waals surface area contributed by atoms with Gasteiger partial charge in [-0.3, -0.25) is 4.21 Å². The van der Waals surface area contributed by atoms with Crippen molar-refractivity contribution in [2.45, 2.75) is 18.0 Å². The normalized spacial score (nSPS) is 11.7. The Balaban J connectivity index is 1.79. The summed E-state index contributed by atoms with van der Waals surface area (Å²) >= 11 is 5.89. The van der Waals surface area contributed by atoms with Crippen molar-refractivity contribution in [3.63, 3.8) is 0 Å². The number of benzene rings is 2. The molecule has 0 bridgehead atoms. The first-order valence-corrected chi connectivity index (χ1v) is 8.67. The van der Waals surface area contributed by atoms with Crippen LogP contribution in [0.4, 0.5) is 4.79 Å². The molecule has 0 unspecified atom stereocenters. The molecule has 1 atom stereocenters. The fourth-order valence-corrected chi connectivity index (χ4v) is 2.61. The van der Waals surface area contributed by atoms with E-state index in [1.807, 2.05) is 30.3 Å². The second-order valence-corrected chi connectivity index (χ2v) is 6.58. The first-order chi connectivity index (χ1) is 10.5. The third kappa shape index (κ3) is 5.16. The van der Waals surface area contributed by atoms with Gasteiger partial charge in [0.15, 0.2) is 0 Å². The summed E-state index contributed by atoms with van der Waals surface area (Å²) in [5, 5.41) is 6.19. The molecule has 6 heteroatoms. The van der Waals surface area contributed by atoms with Crippen molar-refractivity contribution in [2.75, 3.05) is 6.26 Å². The number of hydrogen-bond acceptors (Lipinski definition) is 2. The van der Waals surface area contributed by atoms with Crippen LogP contribution in [0.25, 0.3) is 0 Å². The van der Waals surface area contributed by atoms with E-state index >= 15 is 0 Å². The Kier molecular flexibility index (Phi) is 5.98. The molecule has 2 amide bonds. The van der Waals surface area contributed by atoms with Gasteiger partial charge in [0, 0.05) is 40.1 Å². The number of nitrogens with one attached hydrogen (secondary N) is 2. The topological polar surface area (TPSA) is 58.2 Å². The second-order valence-electron chi connectivity index (χ2n) is 4.76. The van der Waals surface area contributed by atoms with Gasteiger partial charge in [-0.15, -0.1) is 0 Å². The first-order valence-electron chi connectivity index (χ1n) is 6.73. The van der Waals surface area contributed by atoms with Crippen molar-refractivity contribution in [1.29, 1.82) is 0 Å². The van der Waals surface area contributed by atoms with Crippen LogP contribution in [0.1, 0.15) is 11.1 Å². The van der Waals surface area contributed by atoms with Gasteiger partial charge in [0.2, 0.25) is 0 Å². The van der Waals surface area contributed by atoms with Crippen molar-refractivity contribution < 1.29 is 9.00 Å². The molecule has 4 nitrogen and oxygen atoms in total. The molecule has 0 fully saturated rings. The van der Waals surface area contributed by atoms with Crippen LogP contribution >= 0.6 is 11.6 Å². The molecule has 0 aliphatic rings. The van der Waals surface area contributed by atoms with E-state index in [1.165, 1.54) is 0 Å². The fraction of sp³-hybridized carbons (Fsp3) is 0.188. The number of amides is 2. The van der Waals surface area contributed by atoms with Gasteiger partial charge in [-0.25, -0.2) is 4.79 Å². The lowest BCUT2D eigenvalue weighted by Gasteiger charge is -2.08. The van der Waals surface area contributed by atoms with Gasteiger partial charge in [-0.05, 0) is 35.4 Å². The lowest BCUT2D eigenvalue weighted by atomic mass is 10.2. The number of hydrogen-bond donors (Lipinski definition) is 2. The summed E-state index contributed by atoms with van der Waals surface area (Å²) < 4.78 is 11.3. The summed E-state index contributed by atoms with van der Waals surface area (Å²) in [5.74, 6) is 0. The predicted molar refractivity (Wildman–Crippen MR) is 89.3 cm³/mol. The standard InChI is InChI=1S/C16H17ClN2O2S/c1-22(21)15-7-5-12(6-8-15)10-18-16(20)19-11-13-3-2-4-14(17)9-13/h2-9H,10-11H2,1H3,(H2,18,19,20)/t22-/m1/s1. The molecule has 2 aromatic carbocycles. The summed E-state index contributed by atoms with van der Waals surface area (Å²) in [7, 11) is -0.987. The van der Waals surface area contributed by atoms with E-state index in [0.717, 1.165) is 16.0 Å². The highest BCUT2D eigenvalue weighted by molar-refractivity contribution is 7.84. The highest BCUT2D eigenvalue weighted by Crippen LogP contribution is 2.10. The average molecular weight is 337 g/mol. The van der Waals surface area contributed by atoms with Crippen molar-refractivity contribution in [2.24, 2.45) is 0 Å². The number of carbonyl (C=O) groups is 1. The smallest absolute Gasteiger partial charge is 0.315 e. The number of carbonyl (C=O) groups excluding carboxylic acids is 1. The van der Waals surface area contributed by atoms with Crippen molar-refractivity contribution in [3.05, 3.63) is 64.7 Å². The zero-order valence-corrected chi connectivity index (χ0v) is 13.7. The van der Waals surface area contributed by atoms with E-state index in [-0.39, 0.29) is 6.03 Å². The van der Waals surface area contributed by atoms with Gasteiger partial charge in [-0.2, -0.15) is 0 Å². The van der Waals surface area contributed by atoms with Crippen LogP contribution in [-0.4, -0.2) is 16.5 Å². The molecule has 0 aliphatic heterocycles. The average Bonchev–Trinajstić information content (AvgIpc) is 2.51. The number of halogens is 1. The molecule has 0 aromatic heterocycles. The van der Waals surface area contributed by atoms with Crippen LogP contribution in [0.5, 0.6) is 0 Å². The summed E-state index contributed by atoms with van der Waals surface area (Å²) in [6.07, 6.45) is 1.64. The van der Waals surface area contributed by atoms with Gasteiger partial charge in [0.25, 0.3) is 0 Å². The van der Waals surface area contributed by atoms with Crippen LogP contribution < -0.4 is 10.6 Å². The zero-order chi connectivity index (χ0) is 15.9. The van der Waals surface area contributed by atoms with Crippen molar-refractivity contribution in [1.82, 2.24) is 10.6 Å². The maximum Gasteiger partial charge on any atom is 0.315 e. The third-order valence-corrected chi connectivity index (χ3v) is 4.22. The van der Waals surface area contributed by atoms with Crippen LogP contribution in [0, 0.1) is 0 Å². The van der Waals surface area contributed by atoms with E-state index in [4.69, 9.17) is 11.6 Å². The SMILES string of the molecule is C[S@@](=O)c1ccc(CNC(=O)NCc2cccc(Cl)c2)cc1. The summed E-state index contributed by atoms with van der Waals surface area (Å²) in [6.45, 7) is 0.832. The maximum absolute atomic E-state index is 11.7. The molecule has 116 valence electrons. The number of rotatable bonds is 5. The summed E-state index contributed by atoms with van der Waals surface area (Å²) in [4.78, 5) is 12.5. The van der Waals surface area contributed by atoms with Gasteiger partial charge in [0.05, 0.1) is 0 Å². The van der Waals surface area contributed by atoms with Crippen LogP contribution in [-0.2, 0) is 23.9 Å². The lowest BCUT2D eigenvalue weighted by Crippen LogP contribution is -2.34. The van der Waals surface area contributed by atoms with E-state index in [2.05, 4.69) is 10.6 Å². The van der Waals surface area contributed by atoms with Crippen LogP contribution in [0.2, 0.25) is 5.02 Å². The first kappa shape index (κ1) is 16.5. The molecule has 2 N–H and O–H groups in total. The van der Waals surface area contributed by atoms with Gasteiger partial charge in [-0.1, -0.05) is 35.9 Å². The molecule has 0 saturated carbocycles. The van der Waals surface area contributed by atoms with E-state index < -0.39 is 10.8 Å². The second kappa shape index (κ2) is 7.96. The third-order valence-electron chi connectivity index (χ3n) is 3.05. The molecule has 0 radical (unpaired) electrons. The Morgan fingerprint density at radius 1 is 1.05 bits per heavy atom. The molecule has 0 spiro atoms. The molecule has 0 saturated heterocycles. The molecule has 0 heterocycles. The summed E-state index contributed by atoms with van der Waals surface area (Å²) in [5.41, 5.74) is 1.89. The largest absolute Gasteiger partial charge is 0.334 e. The van der Waals surface area contributed by atoms with Gasteiger partial charge >= 0.3 is 6.03 Å². The maximum atomic E-state index is 11.7. The Labute approximate surface area is 137 Å². The molecule has 0 aliphatic carbocycles. The minimum atomic E-state index is -0.987. The van der Waals surface area contributed by atoms with E-state index in [1.54, 1.807) is 24.5 Å².